The van der Waals surface area contributed by atoms with Gasteiger partial charge in [0.25, 0.3) is 33.7 Å². The van der Waals surface area contributed by atoms with Crippen LogP contribution in [0.25, 0.3) is 0 Å². The summed E-state index contributed by atoms with van der Waals surface area (Å²) in [7, 11) is -4.79. The van der Waals surface area contributed by atoms with Gasteiger partial charge in [0.05, 0.1) is 32.6 Å². The third-order valence-electron chi connectivity index (χ3n) is 3.43. The van der Waals surface area contributed by atoms with Gasteiger partial charge < -0.3 is 9.57 Å². The summed E-state index contributed by atoms with van der Waals surface area (Å²) in [6, 6.07) is 0. The molecule has 1 unspecified atom stereocenters. The predicted molar refractivity (Wildman–Crippen MR) is 79.2 cm³/mol. The van der Waals surface area contributed by atoms with Crippen molar-refractivity contribution >= 4 is 39.7 Å². The Kier molecular flexibility index (Phi) is 5.84. The number of nitrogens with zero attached hydrogens (tertiary/aromatic N) is 2. The Bertz CT molecular complexity index is 769. The van der Waals surface area contributed by atoms with E-state index in [1.807, 2.05) is 0 Å². The summed E-state index contributed by atoms with van der Waals surface area (Å²) in [5.41, 5.74) is 0. The van der Waals surface area contributed by atoms with Gasteiger partial charge in [-0.15, -0.1) is 5.06 Å². The van der Waals surface area contributed by atoms with Gasteiger partial charge in [-0.1, -0.05) is 0 Å². The van der Waals surface area contributed by atoms with Gasteiger partial charge in [0, 0.05) is 12.2 Å². The molecule has 2 aliphatic heterocycles. The third-order valence-corrected chi connectivity index (χ3v) is 4.51. The van der Waals surface area contributed by atoms with E-state index >= 15 is 0 Å². The van der Waals surface area contributed by atoms with Gasteiger partial charge in [-0.2, -0.15) is 8.42 Å². The lowest BCUT2D eigenvalue weighted by atomic mass is 10.4. The molecule has 0 spiro atoms. The van der Waals surface area contributed by atoms with E-state index in [0.717, 1.165) is 17.1 Å². The van der Waals surface area contributed by atoms with Crippen molar-refractivity contribution in [3.05, 3.63) is 12.2 Å². The van der Waals surface area contributed by atoms with Crippen molar-refractivity contribution in [2.24, 2.45) is 0 Å². The van der Waals surface area contributed by atoms with E-state index in [1.54, 1.807) is 0 Å². The number of hydroxylamine groups is 2. The monoisotopic (exact) mass is 390 g/mol. The maximum absolute atomic E-state index is 11.7. The van der Waals surface area contributed by atoms with Crippen molar-refractivity contribution in [2.75, 3.05) is 19.8 Å². The molecule has 1 atom stereocenters. The smallest absolute Gasteiger partial charge is 0.335 e. The zero-order valence-electron chi connectivity index (χ0n) is 13.2. The van der Waals surface area contributed by atoms with Crippen LogP contribution in [0.4, 0.5) is 0 Å². The standard InChI is InChI=1S/C13H14N2O10S/c16-9-1-2-10(17)14(9)4-6-24-5-3-12(19)25-15-11(18)7-8(13(15)20)26(21,22)23/h1-2,8H,3-7H2,(H,21,22,23). The fraction of sp³-hybridized carbons (Fsp3) is 0.462. The summed E-state index contributed by atoms with van der Waals surface area (Å²) in [5.74, 6) is -4.43. The van der Waals surface area contributed by atoms with E-state index in [1.165, 1.54) is 0 Å². The average Bonchev–Trinajstić information content (AvgIpc) is 3.01. The summed E-state index contributed by atoms with van der Waals surface area (Å²) in [5, 5.41) is -2.00. The minimum atomic E-state index is -4.79. The highest BCUT2D eigenvalue weighted by Gasteiger charge is 2.48. The number of amides is 4. The summed E-state index contributed by atoms with van der Waals surface area (Å²) >= 11 is 0. The lowest BCUT2D eigenvalue weighted by molar-refractivity contribution is -0.198. The Morgan fingerprint density at radius 1 is 1.15 bits per heavy atom. The molecule has 0 bridgehead atoms. The molecule has 1 N–H and O–H groups in total. The van der Waals surface area contributed by atoms with Gasteiger partial charge in [-0.25, -0.2) is 4.79 Å². The van der Waals surface area contributed by atoms with Crippen LogP contribution in [0.5, 0.6) is 0 Å². The minimum absolute atomic E-state index is 0.00595. The Balaban J connectivity index is 1.71. The Morgan fingerprint density at radius 3 is 2.31 bits per heavy atom. The van der Waals surface area contributed by atoms with Crippen LogP contribution in [0.1, 0.15) is 12.8 Å². The molecule has 12 nitrogen and oxygen atoms in total. The second-order valence-corrected chi connectivity index (χ2v) is 6.82. The van der Waals surface area contributed by atoms with E-state index in [-0.39, 0.29) is 31.2 Å². The van der Waals surface area contributed by atoms with Crippen LogP contribution < -0.4 is 0 Å². The quantitative estimate of drug-likeness (QED) is 0.273. The molecular weight excluding hydrogens is 376 g/mol. The highest BCUT2D eigenvalue weighted by Crippen LogP contribution is 2.19. The summed E-state index contributed by atoms with van der Waals surface area (Å²) < 4.78 is 35.8. The first-order valence-corrected chi connectivity index (χ1v) is 8.76. The normalized spacial score (nSPS) is 20.4. The second-order valence-electron chi connectivity index (χ2n) is 5.22. The zero-order chi connectivity index (χ0) is 19.5. The fourth-order valence-corrected chi connectivity index (χ4v) is 2.83. The summed E-state index contributed by atoms with van der Waals surface area (Å²) in [4.78, 5) is 62.7. The molecular formula is C13H14N2O10S. The highest BCUT2D eigenvalue weighted by molar-refractivity contribution is 7.87. The molecule has 0 aliphatic carbocycles. The summed E-state index contributed by atoms with van der Waals surface area (Å²) in [6.45, 7) is -0.252. The zero-order valence-corrected chi connectivity index (χ0v) is 14.0. The van der Waals surface area contributed by atoms with Crippen LogP contribution in [-0.2, 0) is 43.7 Å². The molecule has 2 heterocycles. The van der Waals surface area contributed by atoms with E-state index in [0.29, 0.717) is 0 Å². The van der Waals surface area contributed by atoms with Crippen LogP contribution in [0, 0.1) is 0 Å². The van der Waals surface area contributed by atoms with Crippen molar-refractivity contribution in [3.8, 4) is 0 Å². The molecule has 26 heavy (non-hydrogen) atoms. The molecule has 0 aromatic rings. The molecule has 4 amide bonds. The van der Waals surface area contributed by atoms with Gasteiger partial charge in [-0.3, -0.25) is 28.6 Å². The second kappa shape index (κ2) is 7.72. The summed E-state index contributed by atoms with van der Waals surface area (Å²) in [6.07, 6.45) is 1.02. The van der Waals surface area contributed by atoms with Gasteiger partial charge in [-0.05, 0) is 0 Å². The van der Waals surface area contributed by atoms with E-state index < -0.39 is 51.4 Å². The van der Waals surface area contributed by atoms with E-state index in [2.05, 4.69) is 4.84 Å². The lowest BCUT2D eigenvalue weighted by Crippen LogP contribution is -2.37. The number of carbonyl (C=O) groups is 5. The number of hydrogen-bond donors (Lipinski definition) is 1. The number of imide groups is 2. The molecule has 1 fully saturated rings. The lowest BCUT2D eigenvalue weighted by Gasteiger charge is -2.14. The minimum Gasteiger partial charge on any atom is -0.379 e. The van der Waals surface area contributed by atoms with Crippen molar-refractivity contribution in [1.82, 2.24) is 9.96 Å². The molecule has 0 saturated carbocycles. The van der Waals surface area contributed by atoms with Crippen LogP contribution in [0.2, 0.25) is 0 Å². The average molecular weight is 390 g/mol. The fourth-order valence-electron chi connectivity index (χ4n) is 2.12. The first kappa shape index (κ1) is 19.7. The number of ether oxygens (including phenoxy) is 1. The van der Waals surface area contributed by atoms with Crippen molar-refractivity contribution < 1.29 is 46.5 Å². The van der Waals surface area contributed by atoms with Crippen LogP contribution in [0.3, 0.4) is 0 Å². The molecule has 2 rings (SSSR count). The van der Waals surface area contributed by atoms with E-state index in [9.17, 15) is 32.4 Å². The molecule has 0 aromatic carbocycles. The largest absolute Gasteiger partial charge is 0.379 e. The molecule has 142 valence electrons. The molecule has 0 radical (unpaired) electrons. The molecule has 1 saturated heterocycles. The Hall–Kier alpha value is -2.64. The van der Waals surface area contributed by atoms with Gasteiger partial charge >= 0.3 is 5.97 Å². The first-order chi connectivity index (χ1) is 12.1. The van der Waals surface area contributed by atoms with Gasteiger partial charge in [0.2, 0.25) is 0 Å². The van der Waals surface area contributed by atoms with Gasteiger partial charge in [0.15, 0.2) is 5.25 Å². The van der Waals surface area contributed by atoms with Crippen LogP contribution >= 0.6 is 0 Å². The van der Waals surface area contributed by atoms with Crippen molar-refractivity contribution in [3.63, 3.8) is 0 Å². The maximum Gasteiger partial charge on any atom is 0.335 e. The SMILES string of the molecule is O=C(CCOCCN1C(=O)C=CC1=O)ON1C(=O)CC(S(=O)(=O)O)C1=O. The molecule has 2 aliphatic rings. The highest BCUT2D eigenvalue weighted by atomic mass is 32.2. The third kappa shape index (κ3) is 4.50. The van der Waals surface area contributed by atoms with E-state index in [4.69, 9.17) is 9.29 Å². The first-order valence-electron chi connectivity index (χ1n) is 7.26. The Labute approximate surface area is 147 Å². The van der Waals surface area contributed by atoms with Crippen LogP contribution in [0.15, 0.2) is 12.2 Å². The van der Waals surface area contributed by atoms with Gasteiger partial charge in [0.1, 0.15) is 0 Å². The number of hydrogen-bond acceptors (Lipinski definition) is 9. The van der Waals surface area contributed by atoms with Crippen LogP contribution in [-0.4, -0.2) is 77.5 Å². The molecule has 0 aromatic heterocycles. The number of rotatable bonds is 8. The number of carbonyl (C=O) groups excluding carboxylic acids is 5. The maximum atomic E-state index is 11.7. The Morgan fingerprint density at radius 2 is 1.77 bits per heavy atom. The topological polar surface area (TPSA) is 165 Å². The molecule has 13 heteroatoms. The van der Waals surface area contributed by atoms with Crippen molar-refractivity contribution in [2.45, 2.75) is 18.1 Å². The van der Waals surface area contributed by atoms with Crippen molar-refractivity contribution in [1.29, 1.82) is 0 Å². The predicted octanol–water partition coefficient (Wildman–Crippen LogP) is -2.21.